The van der Waals surface area contributed by atoms with Gasteiger partial charge in [-0.05, 0) is 25.1 Å². The number of halogens is 1. The van der Waals surface area contributed by atoms with Crippen molar-refractivity contribution in [3.8, 4) is 5.75 Å². The Morgan fingerprint density at radius 2 is 2.39 bits per heavy atom. The molecule has 0 saturated heterocycles. The van der Waals surface area contributed by atoms with Crippen molar-refractivity contribution in [2.24, 2.45) is 5.73 Å². The first-order chi connectivity index (χ1) is 8.54. The SMILES string of the molecule is C=CCNC(=O)COc1ccc(Br)cc1C(C)N. The highest BCUT2D eigenvalue weighted by molar-refractivity contribution is 9.10. The molecule has 0 fully saturated rings. The number of hydrogen-bond donors (Lipinski definition) is 2. The van der Waals surface area contributed by atoms with Crippen LogP contribution in [0.2, 0.25) is 0 Å². The molecule has 0 aliphatic carbocycles. The van der Waals surface area contributed by atoms with Crippen molar-refractivity contribution in [2.45, 2.75) is 13.0 Å². The predicted molar refractivity (Wildman–Crippen MR) is 75.4 cm³/mol. The fourth-order valence-corrected chi connectivity index (χ4v) is 1.77. The highest BCUT2D eigenvalue weighted by atomic mass is 79.9. The number of amides is 1. The maximum atomic E-state index is 11.4. The molecule has 5 heteroatoms. The van der Waals surface area contributed by atoms with E-state index in [4.69, 9.17) is 10.5 Å². The number of rotatable bonds is 6. The van der Waals surface area contributed by atoms with E-state index < -0.39 is 0 Å². The molecule has 1 aromatic carbocycles. The highest BCUT2D eigenvalue weighted by Crippen LogP contribution is 2.27. The van der Waals surface area contributed by atoms with Crippen LogP contribution in [0.1, 0.15) is 18.5 Å². The molecule has 1 amide bonds. The first kappa shape index (κ1) is 14.7. The number of carbonyl (C=O) groups excluding carboxylic acids is 1. The van der Waals surface area contributed by atoms with Crippen LogP contribution < -0.4 is 15.8 Å². The molecule has 18 heavy (non-hydrogen) atoms. The third kappa shape index (κ3) is 4.50. The molecular formula is C13H17BrN2O2. The standard InChI is InChI=1S/C13H17BrN2O2/c1-3-6-16-13(17)8-18-12-5-4-10(14)7-11(12)9(2)15/h3-5,7,9H,1,6,8,15H2,2H3,(H,16,17). The van der Waals surface area contributed by atoms with Gasteiger partial charge in [0.15, 0.2) is 6.61 Å². The number of nitrogens with one attached hydrogen (secondary N) is 1. The smallest absolute Gasteiger partial charge is 0.258 e. The first-order valence-corrected chi connectivity index (χ1v) is 6.39. The van der Waals surface area contributed by atoms with Crippen LogP contribution in [-0.2, 0) is 4.79 Å². The minimum atomic E-state index is -0.187. The molecule has 0 aromatic heterocycles. The third-order valence-electron chi connectivity index (χ3n) is 2.26. The van der Waals surface area contributed by atoms with Crippen LogP contribution in [0, 0.1) is 0 Å². The van der Waals surface area contributed by atoms with Gasteiger partial charge in [0.05, 0.1) is 0 Å². The van der Waals surface area contributed by atoms with E-state index in [1.165, 1.54) is 0 Å². The average Bonchev–Trinajstić information content (AvgIpc) is 2.34. The average molecular weight is 313 g/mol. The van der Waals surface area contributed by atoms with E-state index in [0.29, 0.717) is 12.3 Å². The molecule has 98 valence electrons. The fourth-order valence-electron chi connectivity index (χ4n) is 1.39. The Bertz CT molecular complexity index is 433. The van der Waals surface area contributed by atoms with Crippen LogP contribution in [-0.4, -0.2) is 19.1 Å². The normalized spacial score (nSPS) is 11.7. The number of benzene rings is 1. The van der Waals surface area contributed by atoms with E-state index >= 15 is 0 Å². The molecule has 1 aromatic rings. The third-order valence-corrected chi connectivity index (χ3v) is 2.76. The molecule has 0 heterocycles. The highest BCUT2D eigenvalue weighted by Gasteiger charge is 2.10. The first-order valence-electron chi connectivity index (χ1n) is 5.60. The zero-order chi connectivity index (χ0) is 13.5. The van der Waals surface area contributed by atoms with Crippen LogP contribution in [0.5, 0.6) is 5.75 Å². The number of hydrogen-bond acceptors (Lipinski definition) is 3. The van der Waals surface area contributed by atoms with E-state index in [9.17, 15) is 4.79 Å². The summed E-state index contributed by atoms with van der Waals surface area (Å²) in [7, 11) is 0. The maximum absolute atomic E-state index is 11.4. The van der Waals surface area contributed by atoms with Gasteiger partial charge in [-0.15, -0.1) is 6.58 Å². The minimum absolute atomic E-state index is 0.0325. The van der Waals surface area contributed by atoms with Crippen LogP contribution in [0.25, 0.3) is 0 Å². The summed E-state index contributed by atoms with van der Waals surface area (Å²) in [5.41, 5.74) is 6.72. The van der Waals surface area contributed by atoms with Crippen molar-refractivity contribution in [3.63, 3.8) is 0 Å². The lowest BCUT2D eigenvalue weighted by Gasteiger charge is -2.14. The van der Waals surface area contributed by atoms with Gasteiger partial charge in [-0.2, -0.15) is 0 Å². The predicted octanol–water partition coefficient (Wildman–Crippen LogP) is 2.15. The van der Waals surface area contributed by atoms with Gasteiger partial charge in [0.25, 0.3) is 5.91 Å². The molecule has 0 saturated carbocycles. The van der Waals surface area contributed by atoms with Gasteiger partial charge in [0, 0.05) is 22.6 Å². The molecule has 4 nitrogen and oxygen atoms in total. The fraction of sp³-hybridized carbons (Fsp3) is 0.308. The van der Waals surface area contributed by atoms with Crippen LogP contribution in [0.4, 0.5) is 0 Å². The monoisotopic (exact) mass is 312 g/mol. The molecule has 0 radical (unpaired) electrons. The lowest BCUT2D eigenvalue weighted by molar-refractivity contribution is -0.122. The molecule has 0 spiro atoms. The Hall–Kier alpha value is -1.33. The Kier molecular flexibility index (Phi) is 5.88. The largest absolute Gasteiger partial charge is 0.483 e. The summed E-state index contributed by atoms with van der Waals surface area (Å²) in [6, 6.07) is 5.38. The van der Waals surface area contributed by atoms with Crippen LogP contribution >= 0.6 is 15.9 Å². The van der Waals surface area contributed by atoms with Gasteiger partial charge in [-0.1, -0.05) is 22.0 Å². The molecule has 0 aliphatic rings. The summed E-state index contributed by atoms with van der Waals surface area (Å²) in [4.78, 5) is 11.4. The summed E-state index contributed by atoms with van der Waals surface area (Å²) in [6.45, 7) is 5.79. The lowest BCUT2D eigenvalue weighted by Crippen LogP contribution is -2.29. The molecular weight excluding hydrogens is 296 g/mol. The van der Waals surface area contributed by atoms with Gasteiger partial charge in [-0.25, -0.2) is 0 Å². The zero-order valence-corrected chi connectivity index (χ0v) is 11.9. The van der Waals surface area contributed by atoms with Crippen molar-refractivity contribution in [1.82, 2.24) is 5.32 Å². The minimum Gasteiger partial charge on any atom is -0.483 e. The van der Waals surface area contributed by atoms with Crippen LogP contribution in [0.15, 0.2) is 35.3 Å². The Morgan fingerprint density at radius 3 is 3.00 bits per heavy atom. The summed E-state index contributed by atoms with van der Waals surface area (Å²) in [5, 5.41) is 2.64. The van der Waals surface area contributed by atoms with Crippen molar-refractivity contribution in [3.05, 3.63) is 40.9 Å². The van der Waals surface area contributed by atoms with E-state index in [0.717, 1.165) is 10.0 Å². The molecule has 0 bridgehead atoms. The van der Waals surface area contributed by atoms with E-state index in [1.807, 2.05) is 19.1 Å². The number of carbonyl (C=O) groups is 1. The van der Waals surface area contributed by atoms with E-state index in [1.54, 1.807) is 12.1 Å². The molecule has 1 rings (SSSR count). The second-order valence-electron chi connectivity index (χ2n) is 3.85. The zero-order valence-electron chi connectivity index (χ0n) is 10.3. The van der Waals surface area contributed by atoms with Crippen molar-refractivity contribution in [1.29, 1.82) is 0 Å². The van der Waals surface area contributed by atoms with Gasteiger partial charge >= 0.3 is 0 Å². The van der Waals surface area contributed by atoms with Gasteiger partial charge in [0.1, 0.15) is 5.75 Å². The van der Waals surface area contributed by atoms with E-state index in [-0.39, 0.29) is 18.6 Å². The molecule has 1 unspecified atom stereocenters. The summed E-state index contributed by atoms with van der Waals surface area (Å²) in [6.07, 6.45) is 1.62. The molecule has 1 atom stereocenters. The van der Waals surface area contributed by atoms with E-state index in [2.05, 4.69) is 27.8 Å². The number of ether oxygens (including phenoxy) is 1. The molecule has 3 N–H and O–H groups in total. The van der Waals surface area contributed by atoms with Crippen LogP contribution in [0.3, 0.4) is 0 Å². The summed E-state index contributed by atoms with van der Waals surface area (Å²) >= 11 is 3.38. The van der Waals surface area contributed by atoms with Crippen molar-refractivity contribution in [2.75, 3.05) is 13.2 Å². The van der Waals surface area contributed by atoms with Crippen molar-refractivity contribution < 1.29 is 9.53 Å². The second kappa shape index (κ2) is 7.18. The Morgan fingerprint density at radius 1 is 1.67 bits per heavy atom. The maximum Gasteiger partial charge on any atom is 0.258 e. The summed E-state index contributed by atoms with van der Waals surface area (Å²) < 4.78 is 6.39. The quantitative estimate of drug-likeness (QED) is 0.791. The number of nitrogens with two attached hydrogens (primary N) is 1. The topological polar surface area (TPSA) is 64.3 Å². The van der Waals surface area contributed by atoms with Gasteiger partial charge < -0.3 is 15.8 Å². The lowest BCUT2D eigenvalue weighted by atomic mass is 10.1. The Balaban J connectivity index is 2.66. The second-order valence-corrected chi connectivity index (χ2v) is 4.77. The van der Waals surface area contributed by atoms with Gasteiger partial charge in [-0.3, -0.25) is 4.79 Å². The molecule has 0 aliphatic heterocycles. The Labute approximate surface area is 115 Å². The van der Waals surface area contributed by atoms with Crippen molar-refractivity contribution >= 4 is 21.8 Å². The summed E-state index contributed by atoms with van der Waals surface area (Å²) in [5.74, 6) is 0.440. The van der Waals surface area contributed by atoms with Gasteiger partial charge in [0.2, 0.25) is 0 Å².